The SMILES string of the molecule is CN1CCN(c2cc3c(cc2F)c(=O)c(C(=O)O)cn3Cc2cccc(Cl)c2)CC1. The molecule has 4 rings (SSSR count). The van der Waals surface area contributed by atoms with Crippen molar-refractivity contribution >= 4 is 34.2 Å². The topological polar surface area (TPSA) is 65.8 Å². The van der Waals surface area contributed by atoms with Gasteiger partial charge in [-0.05, 0) is 36.9 Å². The lowest BCUT2D eigenvalue weighted by molar-refractivity contribution is 0.0695. The van der Waals surface area contributed by atoms with Crippen molar-refractivity contribution in [3.63, 3.8) is 0 Å². The molecule has 1 fully saturated rings. The molecule has 1 N–H and O–H groups in total. The Morgan fingerprint density at radius 2 is 1.90 bits per heavy atom. The van der Waals surface area contributed by atoms with E-state index in [1.54, 1.807) is 28.8 Å². The number of pyridine rings is 1. The lowest BCUT2D eigenvalue weighted by Crippen LogP contribution is -2.44. The van der Waals surface area contributed by atoms with Crippen LogP contribution in [0, 0.1) is 5.82 Å². The highest BCUT2D eigenvalue weighted by atomic mass is 35.5. The van der Waals surface area contributed by atoms with Crippen LogP contribution in [0.4, 0.5) is 10.1 Å². The Labute approximate surface area is 177 Å². The number of hydrogen-bond acceptors (Lipinski definition) is 4. The highest BCUT2D eigenvalue weighted by molar-refractivity contribution is 6.30. The second kappa shape index (κ2) is 8.08. The number of carbonyl (C=O) groups is 1. The van der Waals surface area contributed by atoms with Crippen LogP contribution >= 0.6 is 11.6 Å². The van der Waals surface area contributed by atoms with Crippen molar-refractivity contribution in [3.05, 3.63) is 74.8 Å². The maximum Gasteiger partial charge on any atom is 0.341 e. The smallest absolute Gasteiger partial charge is 0.341 e. The van der Waals surface area contributed by atoms with E-state index < -0.39 is 22.8 Å². The minimum atomic E-state index is -1.34. The molecule has 2 aromatic carbocycles. The van der Waals surface area contributed by atoms with Gasteiger partial charge in [0.25, 0.3) is 0 Å². The molecule has 0 bridgehead atoms. The second-order valence-electron chi connectivity index (χ2n) is 7.55. The first-order chi connectivity index (χ1) is 14.3. The summed E-state index contributed by atoms with van der Waals surface area (Å²) in [5.41, 5.74) is 0.660. The summed E-state index contributed by atoms with van der Waals surface area (Å²) >= 11 is 6.08. The molecule has 1 aliphatic rings. The molecule has 0 radical (unpaired) electrons. The molecule has 1 aliphatic heterocycles. The number of likely N-dealkylation sites (N-methyl/N-ethyl adjacent to an activating group) is 1. The van der Waals surface area contributed by atoms with E-state index >= 15 is 0 Å². The summed E-state index contributed by atoms with van der Waals surface area (Å²) in [4.78, 5) is 28.4. The zero-order chi connectivity index (χ0) is 21.4. The molecule has 0 spiro atoms. The average Bonchev–Trinajstić information content (AvgIpc) is 2.70. The van der Waals surface area contributed by atoms with E-state index in [1.165, 1.54) is 6.20 Å². The van der Waals surface area contributed by atoms with Gasteiger partial charge in [0.05, 0.1) is 11.2 Å². The summed E-state index contributed by atoms with van der Waals surface area (Å²) in [6.07, 6.45) is 1.32. The number of nitrogens with zero attached hydrogens (tertiary/aromatic N) is 3. The van der Waals surface area contributed by atoms with E-state index in [9.17, 15) is 19.1 Å². The Bertz CT molecular complexity index is 1190. The average molecular weight is 430 g/mol. The fourth-order valence-electron chi connectivity index (χ4n) is 3.80. The van der Waals surface area contributed by atoms with Gasteiger partial charge in [0, 0.05) is 49.3 Å². The fourth-order valence-corrected chi connectivity index (χ4v) is 4.02. The van der Waals surface area contributed by atoms with E-state index in [-0.39, 0.29) is 5.39 Å². The molecule has 0 atom stereocenters. The number of carboxylic acid groups (broad SMARTS) is 1. The number of carboxylic acids is 1. The second-order valence-corrected chi connectivity index (χ2v) is 7.98. The number of aromatic carboxylic acids is 1. The minimum Gasteiger partial charge on any atom is -0.477 e. The normalized spacial score (nSPS) is 15.0. The lowest BCUT2D eigenvalue weighted by Gasteiger charge is -2.34. The zero-order valence-electron chi connectivity index (χ0n) is 16.4. The van der Waals surface area contributed by atoms with E-state index in [0.29, 0.717) is 35.9 Å². The van der Waals surface area contributed by atoms with Crippen LogP contribution < -0.4 is 10.3 Å². The molecule has 2 heterocycles. The molecule has 1 aromatic heterocycles. The largest absolute Gasteiger partial charge is 0.477 e. The predicted octanol–water partition coefficient (Wildman–Crippen LogP) is 3.29. The third-order valence-corrected chi connectivity index (χ3v) is 5.70. The van der Waals surface area contributed by atoms with Gasteiger partial charge in [0.15, 0.2) is 0 Å². The Morgan fingerprint density at radius 1 is 1.17 bits per heavy atom. The summed E-state index contributed by atoms with van der Waals surface area (Å²) in [7, 11) is 2.02. The molecule has 6 nitrogen and oxygen atoms in total. The van der Waals surface area contributed by atoms with Crippen LogP contribution in [0.25, 0.3) is 10.9 Å². The number of rotatable bonds is 4. The van der Waals surface area contributed by atoms with Crippen molar-refractivity contribution in [1.29, 1.82) is 0 Å². The molecule has 1 saturated heterocycles. The molecule has 0 saturated carbocycles. The van der Waals surface area contributed by atoms with Gasteiger partial charge >= 0.3 is 5.97 Å². The summed E-state index contributed by atoms with van der Waals surface area (Å²) < 4.78 is 16.6. The first-order valence-corrected chi connectivity index (χ1v) is 9.99. The van der Waals surface area contributed by atoms with Gasteiger partial charge in [0.1, 0.15) is 11.4 Å². The monoisotopic (exact) mass is 429 g/mol. The number of aromatic nitrogens is 1. The number of anilines is 1. The van der Waals surface area contributed by atoms with Crippen LogP contribution in [0.2, 0.25) is 5.02 Å². The first kappa shape index (κ1) is 20.4. The highest BCUT2D eigenvalue weighted by Gasteiger charge is 2.21. The number of fused-ring (bicyclic) bond motifs is 1. The summed E-state index contributed by atoms with van der Waals surface area (Å²) in [5, 5.41) is 10.1. The molecule has 0 aliphatic carbocycles. The van der Waals surface area contributed by atoms with Crippen LogP contribution in [0.3, 0.4) is 0 Å². The molecule has 0 unspecified atom stereocenters. The van der Waals surface area contributed by atoms with Gasteiger partial charge in [0.2, 0.25) is 5.43 Å². The predicted molar refractivity (Wildman–Crippen MR) is 115 cm³/mol. The van der Waals surface area contributed by atoms with Crippen molar-refractivity contribution in [2.75, 3.05) is 38.1 Å². The molecular formula is C22H21ClFN3O3. The summed E-state index contributed by atoms with van der Waals surface area (Å²) in [6, 6.07) is 9.99. The van der Waals surface area contributed by atoms with Crippen LogP contribution in [0.15, 0.2) is 47.4 Å². The van der Waals surface area contributed by atoms with Crippen molar-refractivity contribution in [2.24, 2.45) is 0 Å². The van der Waals surface area contributed by atoms with Gasteiger partial charge < -0.3 is 19.5 Å². The Morgan fingerprint density at radius 3 is 2.57 bits per heavy atom. The number of benzene rings is 2. The van der Waals surface area contributed by atoms with Crippen molar-refractivity contribution < 1.29 is 14.3 Å². The zero-order valence-corrected chi connectivity index (χ0v) is 17.2. The first-order valence-electron chi connectivity index (χ1n) is 9.61. The van der Waals surface area contributed by atoms with Gasteiger partial charge in [-0.3, -0.25) is 4.79 Å². The highest BCUT2D eigenvalue weighted by Crippen LogP contribution is 2.27. The standard InChI is InChI=1S/C22H21ClFN3O3/c1-25-5-7-26(8-6-25)20-11-19-16(10-18(20)24)21(28)17(22(29)30)13-27(19)12-14-3-2-4-15(23)9-14/h2-4,9-11,13H,5-8,12H2,1H3,(H,29,30). The molecular weight excluding hydrogens is 409 g/mol. The molecule has 3 aromatic rings. The van der Waals surface area contributed by atoms with Crippen molar-refractivity contribution in [1.82, 2.24) is 9.47 Å². The number of piperazine rings is 1. The van der Waals surface area contributed by atoms with Crippen LogP contribution in [0.5, 0.6) is 0 Å². The Kier molecular flexibility index (Phi) is 5.49. The van der Waals surface area contributed by atoms with E-state index in [2.05, 4.69) is 4.90 Å². The maximum absolute atomic E-state index is 15.0. The third kappa shape index (κ3) is 3.91. The molecule has 156 valence electrons. The van der Waals surface area contributed by atoms with Crippen molar-refractivity contribution in [3.8, 4) is 0 Å². The molecule has 8 heteroatoms. The Hall–Kier alpha value is -2.90. The summed E-state index contributed by atoms with van der Waals surface area (Å²) in [6.45, 7) is 3.26. The lowest BCUT2D eigenvalue weighted by atomic mass is 10.1. The van der Waals surface area contributed by atoms with E-state index in [4.69, 9.17) is 11.6 Å². The fraction of sp³-hybridized carbons (Fsp3) is 0.273. The van der Waals surface area contributed by atoms with E-state index in [1.807, 2.05) is 18.0 Å². The third-order valence-electron chi connectivity index (χ3n) is 5.47. The van der Waals surface area contributed by atoms with Gasteiger partial charge in [-0.25, -0.2) is 9.18 Å². The maximum atomic E-state index is 15.0. The molecule has 30 heavy (non-hydrogen) atoms. The number of halogens is 2. The van der Waals surface area contributed by atoms with Gasteiger partial charge in [-0.2, -0.15) is 0 Å². The van der Waals surface area contributed by atoms with Gasteiger partial charge in [-0.1, -0.05) is 23.7 Å². The van der Waals surface area contributed by atoms with Gasteiger partial charge in [-0.15, -0.1) is 0 Å². The summed E-state index contributed by atoms with van der Waals surface area (Å²) in [5.74, 6) is -1.87. The Balaban J connectivity index is 1.89. The van der Waals surface area contributed by atoms with Crippen molar-refractivity contribution in [2.45, 2.75) is 6.54 Å². The van der Waals surface area contributed by atoms with Crippen LogP contribution in [-0.2, 0) is 6.54 Å². The number of hydrogen-bond donors (Lipinski definition) is 1. The quantitative estimate of drug-likeness (QED) is 0.689. The van der Waals surface area contributed by atoms with Crippen LogP contribution in [0.1, 0.15) is 15.9 Å². The van der Waals surface area contributed by atoms with E-state index in [0.717, 1.165) is 24.7 Å². The minimum absolute atomic E-state index is 0.0484. The molecule has 0 amide bonds. The van der Waals surface area contributed by atoms with Crippen LogP contribution in [-0.4, -0.2) is 53.8 Å².